The Labute approximate surface area is 158 Å². The first-order valence-electron chi connectivity index (χ1n) is 7.04. The lowest BCUT2D eigenvalue weighted by atomic mass is 10.1. The maximum atomic E-state index is 5.85. The molecule has 6 heteroatoms. The van der Waals surface area contributed by atoms with Gasteiger partial charge in [-0.15, -0.1) is 35.3 Å². The van der Waals surface area contributed by atoms with E-state index in [9.17, 15) is 0 Å². The Morgan fingerprint density at radius 3 is 2.64 bits per heavy atom. The van der Waals surface area contributed by atoms with Crippen molar-refractivity contribution in [2.24, 2.45) is 10.7 Å². The lowest BCUT2D eigenvalue weighted by Crippen LogP contribution is -2.33. The molecule has 0 unspecified atom stereocenters. The van der Waals surface area contributed by atoms with Gasteiger partial charge in [-0.2, -0.15) is 0 Å². The van der Waals surface area contributed by atoms with Crippen LogP contribution in [0.5, 0.6) is 0 Å². The van der Waals surface area contributed by atoms with E-state index in [0.29, 0.717) is 5.96 Å². The summed E-state index contributed by atoms with van der Waals surface area (Å²) in [5, 5.41) is 6.00. The summed E-state index contributed by atoms with van der Waals surface area (Å²) < 4.78 is 0. The van der Waals surface area contributed by atoms with Crippen LogP contribution in [0.4, 0.5) is 0 Å². The normalized spacial score (nSPS) is 11.0. The topological polar surface area (TPSA) is 50.4 Å². The van der Waals surface area contributed by atoms with E-state index in [1.54, 1.807) is 11.3 Å². The molecule has 2 aromatic rings. The zero-order valence-corrected chi connectivity index (χ0v) is 16.2. The summed E-state index contributed by atoms with van der Waals surface area (Å²) in [6, 6.07) is 12.1. The Kier molecular flexibility index (Phi) is 9.50. The monoisotopic (exact) mass is 449 g/mol. The number of nitrogens with two attached hydrogens (primary N) is 1. The molecule has 2 rings (SSSR count). The van der Waals surface area contributed by atoms with Gasteiger partial charge in [0.2, 0.25) is 0 Å². The molecule has 1 aromatic heterocycles. The van der Waals surface area contributed by atoms with Gasteiger partial charge in [-0.25, -0.2) is 0 Å². The molecule has 22 heavy (non-hydrogen) atoms. The number of halogens is 2. The van der Waals surface area contributed by atoms with E-state index >= 15 is 0 Å². The second kappa shape index (κ2) is 10.9. The van der Waals surface area contributed by atoms with Gasteiger partial charge in [0, 0.05) is 23.0 Å². The molecule has 0 bridgehead atoms. The Bertz CT molecular complexity index is 555. The molecule has 0 fully saturated rings. The highest BCUT2D eigenvalue weighted by Gasteiger charge is 1.96. The van der Waals surface area contributed by atoms with E-state index in [1.807, 2.05) is 12.1 Å². The van der Waals surface area contributed by atoms with Crippen LogP contribution in [0, 0.1) is 0 Å². The van der Waals surface area contributed by atoms with Crippen LogP contribution in [0.15, 0.2) is 46.8 Å². The summed E-state index contributed by atoms with van der Waals surface area (Å²) in [4.78, 5) is 5.70. The van der Waals surface area contributed by atoms with E-state index in [4.69, 9.17) is 17.3 Å². The quantitative estimate of drug-likeness (QED) is 0.289. The van der Waals surface area contributed by atoms with Crippen LogP contribution in [0.2, 0.25) is 5.02 Å². The van der Waals surface area contributed by atoms with Crippen molar-refractivity contribution in [3.63, 3.8) is 0 Å². The van der Waals surface area contributed by atoms with Crippen LogP contribution in [0.25, 0.3) is 0 Å². The molecule has 0 spiro atoms. The highest BCUT2D eigenvalue weighted by molar-refractivity contribution is 14.0. The largest absolute Gasteiger partial charge is 0.370 e. The number of hydrogen-bond acceptors (Lipinski definition) is 2. The van der Waals surface area contributed by atoms with Crippen LogP contribution in [0.3, 0.4) is 0 Å². The lowest BCUT2D eigenvalue weighted by molar-refractivity contribution is 0.810. The van der Waals surface area contributed by atoms with E-state index in [-0.39, 0.29) is 24.0 Å². The maximum Gasteiger partial charge on any atom is 0.188 e. The van der Waals surface area contributed by atoms with Crippen molar-refractivity contribution < 1.29 is 0 Å². The zero-order valence-electron chi connectivity index (χ0n) is 12.3. The number of nitrogens with zero attached hydrogens (tertiary/aromatic N) is 1. The van der Waals surface area contributed by atoms with Gasteiger partial charge in [0.25, 0.3) is 0 Å². The number of nitrogens with one attached hydrogen (secondary N) is 1. The minimum Gasteiger partial charge on any atom is -0.370 e. The summed E-state index contributed by atoms with van der Waals surface area (Å²) in [6.45, 7) is 1.56. The fourth-order valence-corrected chi connectivity index (χ4v) is 2.79. The van der Waals surface area contributed by atoms with E-state index in [1.165, 1.54) is 10.4 Å². The molecule has 0 radical (unpaired) electrons. The van der Waals surface area contributed by atoms with Crippen molar-refractivity contribution in [1.82, 2.24) is 5.32 Å². The second-order valence-electron chi connectivity index (χ2n) is 4.75. The van der Waals surface area contributed by atoms with Crippen LogP contribution in [-0.4, -0.2) is 19.0 Å². The molecule has 0 aliphatic carbocycles. The van der Waals surface area contributed by atoms with Crippen LogP contribution >= 0.6 is 46.9 Å². The molecule has 0 saturated carbocycles. The van der Waals surface area contributed by atoms with Crippen LogP contribution in [0.1, 0.15) is 16.9 Å². The van der Waals surface area contributed by atoms with Gasteiger partial charge >= 0.3 is 0 Å². The predicted molar refractivity (Wildman–Crippen MR) is 108 cm³/mol. The average Bonchev–Trinajstić information content (AvgIpc) is 2.99. The van der Waals surface area contributed by atoms with Crippen molar-refractivity contribution in [2.45, 2.75) is 19.3 Å². The van der Waals surface area contributed by atoms with Gasteiger partial charge in [-0.1, -0.05) is 29.8 Å². The molecule has 0 amide bonds. The molecule has 0 aliphatic heterocycles. The first-order chi connectivity index (χ1) is 10.2. The Hall–Kier alpha value is -0.790. The van der Waals surface area contributed by atoms with Crippen molar-refractivity contribution in [3.8, 4) is 0 Å². The van der Waals surface area contributed by atoms with Crippen molar-refractivity contribution in [1.29, 1.82) is 0 Å². The highest BCUT2D eigenvalue weighted by atomic mass is 127. The maximum absolute atomic E-state index is 5.85. The number of thiophene rings is 1. The number of aliphatic imine (C=N–C) groups is 1. The van der Waals surface area contributed by atoms with Gasteiger partial charge in [0.1, 0.15) is 0 Å². The molecular formula is C16H21ClIN3S. The van der Waals surface area contributed by atoms with Crippen LogP contribution in [-0.2, 0) is 12.8 Å². The van der Waals surface area contributed by atoms with Gasteiger partial charge in [0.15, 0.2) is 5.96 Å². The second-order valence-corrected chi connectivity index (χ2v) is 6.22. The summed E-state index contributed by atoms with van der Waals surface area (Å²) >= 11 is 7.62. The average molecular weight is 450 g/mol. The summed E-state index contributed by atoms with van der Waals surface area (Å²) in [5.41, 5.74) is 7.11. The zero-order chi connectivity index (χ0) is 14.9. The van der Waals surface area contributed by atoms with Gasteiger partial charge in [-0.3, -0.25) is 4.99 Å². The summed E-state index contributed by atoms with van der Waals surface area (Å²) in [5.74, 6) is 0.530. The van der Waals surface area contributed by atoms with Gasteiger partial charge in [0.05, 0.1) is 0 Å². The van der Waals surface area contributed by atoms with Crippen LogP contribution < -0.4 is 11.1 Å². The first kappa shape index (κ1) is 19.3. The molecular weight excluding hydrogens is 429 g/mol. The third-order valence-corrected chi connectivity index (χ3v) is 4.26. The van der Waals surface area contributed by atoms with Gasteiger partial charge < -0.3 is 11.1 Å². The molecule has 0 atom stereocenters. The summed E-state index contributed by atoms with van der Waals surface area (Å²) in [7, 11) is 0. The standard InChI is InChI=1S/C16H20ClN3S.HI/c17-14-7-5-13(6-8-14)3-1-10-19-16(18)20-11-9-15-4-2-12-21-15;/h2,4-8,12H,1,3,9-11H2,(H3,18,19,20);1H. The van der Waals surface area contributed by atoms with E-state index < -0.39 is 0 Å². The minimum absolute atomic E-state index is 0. The van der Waals surface area contributed by atoms with Crippen molar-refractivity contribution >= 4 is 52.9 Å². The predicted octanol–water partition coefficient (Wildman–Crippen LogP) is 4.10. The Morgan fingerprint density at radius 2 is 1.95 bits per heavy atom. The minimum atomic E-state index is 0. The molecule has 1 aromatic carbocycles. The number of rotatable bonds is 7. The smallest absolute Gasteiger partial charge is 0.188 e. The number of benzene rings is 1. The molecule has 120 valence electrons. The SMILES string of the molecule is I.NC(=NCCCc1ccc(Cl)cc1)NCCc1cccs1. The molecule has 3 nitrogen and oxygen atoms in total. The lowest BCUT2D eigenvalue weighted by Gasteiger charge is -2.05. The highest BCUT2D eigenvalue weighted by Crippen LogP contribution is 2.11. The van der Waals surface area contributed by atoms with Crippen molar-refractivity contribution in [2.75, 3.05) is 13.1 Å². The summed E-state index contributed by atoms with van der Waals surface area (Å²) in [6.07, 6.45) is 2.96. The third kappa shape index (κ3) is 7.47. The Morgan fingerprint density at radius 1 is 1.18 bits per heavy atom. The fraction of sp³-hybridized carbons (Fsp3) is 0.312. The Balaban J connectivity index is 0.00000242. The van der Waals surface area contributed by atoms with Gasteiger partial charge in [-0.05, 0) is 48.4 Å². The molecule has 3 N–H and O–H groups in total. The molecule has 0 aliphatic rings. The van der Waals surface area contributed by atoms with Crippen molar-refractivity contribution in [3.05, 3.63) is 57.2 Å². The number of aryl methyl sites for hydroxylation is 1. The molecule has 0 saturated heterocycles. The van der Waals surface area contributed by atoms with E-state index in [2.05, 4.69) is 40.0 Å². The van der Waals surface area contributed by atoms with E-state index in [0.717, 1.165) is 37.4 Å². The molecule has 1 heterocycles. The number of guanidine groups is 1. The number of hydrogen-bond donors (Lipinski definition) is 2. The fourth-order valence-electron chi connectivity index (χ4n) is 1.96. The third-order valence-electron chi connectivity index (χ3n) is 3.08. The first-order valence-corrected chi connectivity index (χ1v) is 8.30.